The van der Waals surface area contributed by atoms with Crippen molar-refractivity contribution in [1.29, 1.82) is 0 Å². The molecule has 2 amide bonds. The van der Waals surface area contributed by atoms with E-state index in [9.17, 15) is 9.59 Å². The van der Waals surface area contributed by atoms with Gasteiger partial charge in [-0.1, -0.05) is 29.3 Å². The van der Waals surface area contributed by atoms with Crippen LogP contribution < -0.4 is 10.6 Å². The molecule has 0 fully saturated rings. The van der Waals surface area contributed by atoms with Crippen molar-refractivity contribution in [2.75, 3.05) is 16.4 Å². The summed E-state index contributed by atoms with van der Waals surface area (Å²) in [6.07, 6.45) is 1.44. The molecular formula is C19H14Cl2N2O3S. The van der Waals surface area contributed by atoms with E-state index in [1.165, 1.54) is 18.0 Å². The van der Waals surface area contributed by atoms with Crippen LogP contribution in [0.25, 0.3) is 0 Å². The Kier molecular flexibility index (Phi) is 6.45. The smallest absolute Gasteiger partial charge is 0.291 e. The number of carbonyl (C=O) groups excluding carboxylic acids is 2. The number of halogens is 2. The highest BCUT2D eigenvalue weighted by Crippen LogP contribution is 2.24. The third kappa shape index (κ3) is 5.79. The minimum Gasteiger partial charge on any atom is -0.459 e. The Balaban J connectivity index is 1.56. The van der Waals surface area contributed by atoms with Gasteiger partial charge in [-0.3, -0.25) is 9.59 Å². The van der Waals surface area contributed by atoms with Crippen molar-refractivity contribution in [3.63, 3.8) is 0 Å². The van der Waals surface area contributed by atoms with Crippen LogP contribution in [0.15, 0.2) is 70.2 Å². The van der Waals surface area contributed by atoms with Crippen molar-refractivity contribution in [2.24, 2.45) is 0 Å². The van der Waals surface area contributed by atoms with Crippen molar-refractivity contribution in [3.05, 3.63) is 76.7 Å². The molecule has 138 valence electrons. The van der Waals surface area contributed by atoms with Gasteiger partial charge in [-0.15, -0.1) is 11.8 Å². The molecule has 3 rings (SSSR count). The molecule has 0 unspecified atom stereocenters. The van der Waals surface area contributed by atoms with Gasteiger partial charge in [0.1, 0.15) is 0 Å². The summed E-state index contributed by atoms with van der Waals surface area (Å²) in [5.41, 5.74) is 1.15. The summed E-state index contributed by atoms with van der Waals surface area (Å²) in [7, 11) is 0. The van der Waals surface area contributed by atoms with E-state index >= 15 is 0 Å². The predicted octanol–water partition coefficient (Wildman–Crippen LogP) is 5.57. The second-order valence-corrected chi connectivity index (χ2v) is 7.38. The second kappa shape index (κ2) is 8.99. The number of hydrogen-bond acceptors (Lipinski definition) is 4. The molecule has 0 aliphatic heterocycles. The average molecular weight is 421 g/mol. The van der Waals surface area contributed by atoms with Gasteiger partial charge in [-0.25, -0.2) is 0 Å². The summed E-state index contributed by atoms with van der Waals surface area (Å²) < 4.78 is 5.06. The van der Waals surface area contributed by atoms with E-state index in [1.807, 2.05) is 6.07 Å². The number of thioether (sulfide) groups is 1. The van der Waals surface area contributed by atoms with Crippen molar-refractivity contribution < 1.29 is 14.0 Å². The summed E-state index contributed by atoms with van der Waals surface area (Å²) in [5.74, 6) is -0.103. The summed E-state index contributed by atoms with van der Waals surface area (Å²) >= 11 is 13.2. The standard InChI is InChI=1S/C19H14Cl2N2O3S/c20-12-7-13(21)9-15(8-12)22-18(24)11-27-16-4-1-3-14(10-16)23-19(25)17-5-2-6-26-17/h1-10H,11H2,(H,22,24)(H,23,25). The van der Waals surface area contributed by atoms with Crippen molar-refractivity contribution in [3.8, 4) is 0 Å². The molecule has 0 bridgehead atoms. The van der Waals surface area contributed by atoms with E-state index in [1.54, 1.807) is 48.5 Å². The third-order valence-electron chi connectivity index (χ3n) is 3.35. The quantitative estimate of drug-likeness (QED) is 0.511. The van der Waals surface area contributed by atoms with Gasteiger partial charge in [0.2, 0.25) is 5.91 Å². The monoisotopic (exact) mass is 420 g/mol. The first-order valence-electron chi connectivity index (χ1n) is 7.83. The molecule has 0 saturated carbocycles. The maximum Gasteiger partial charge on any atom is 0.291 e. The highest BCUT2D eigenvalue weighted by Gasteiger charge is 2.10. The molecule has 0 atom stereocenters. The fraction of sp³-hybridized carbons (Fsp3) is 0.0526. The predicted molar refractivity (Wildman–Crippen MR) is 109 cm³/mol. The lowest BCUT2D eigenvalue weighted by molar-refractivity contribution is -0.113. The van der Waals surface area contributed by atoms with Crippen molar-refractivity contribution >= 4 is 58.2 Å². The van der Waals surface area contributed by atoms with Gasteiger partial charge in [0, 0.05) is 26.3 Å². The molecule has 3 aromatic rings. The average Bonchev–Trinajstić information content (AvgIpc) is 3.14. The zero-order valence-electron chi connectivity index (χ0n) is 13.9. The van der Waals surface area contributed by atoms with Gasteiger partial charge < -0.3 is 15.1 Å². The van der Waals surface area contributed by atoms with Crippen LogP contribution in [-0.2, 0) is 4.79 Å². The van der Waals surface area contributed by atoms with Crippen LogP contribution in [0.1, 0.15) is 10.6 Å². The molecule has 1 aromatic heterocycles. The molecule has 2 aromatic carbocycles. The molecule has 8 heteroatoms. The van der Waals surface area contributed by atoms with Crippen molar-refractivity contribution in [2.45, 2.75) is 4.90 Å². The fourth-order valence-electron chi connectivity index (χ4n) is 2.24. The minimum atomic E-state index is -0.335. The topological polar surface area (TPSA) is 71.3 Å². The summed E-state index contributed by atoms with van der Waals surface area (Å²) in [6.45, 7) is 0. The van der Waals surface area contributed by atoms with Gasteiger partial charge in [-0.05, 0) is 48.5 Å². The lowest BCUT2D eigenvalue weighted by atomic mass is 10.3. The second-order valence-electron chi connectivity index (χ2n) is 5.45. The lowest BCUT2D eigenvalue weighted by Gasteiger charge is -2.08. The Morgan fingerprint density at radius 3 is 2.41 bits per heavy atom. The SMILES string of the molecule is O=C(CSc1cccc(NC(=O)c2ccco2)c1)Nc1cc(Cl)cc(Cl)c1. The van der Waals surface area contributed by atoms with E-state index < -0.39 is 0 Å². The lowest BCUT2D eigenvalue weighted by Crippen LogP contribution is -2.14. The number of hydrogen-bond donors (Lipinski definition) is 2. The molecular weight excluding hydrogens is 407 g/mol. The molecule has 0 radical (unpaired) electrons. The van der Waals surface area contributed by atoms with Crippen LogP contribution in [0.2, 0.25) is 10.0 Å². The fourth-order valence-corrected chi connectivity index (χ4v) is 3.52. The Morgan fingerprint density at radius 1 is 0.926 bits per heavy atom. The first kappa shape index (κ1) is 19.4. The molecule has 2 N–H and O–H groups in total. The van der Waals surface area contributed by atoms with Crippen LogP contribution in [-0.4, -0.2) is 17.6 Å². The van der Waals surface area contributed by atoms with Crippen LogP contribution in [0.3, 0.4) is 0 Å². The Morgan fingerprint density at radius 2 is 1.70 bits per heavy atom. The first-order valence-corrected chi connectivity index (χ1v) is 9.57. The highest BCUT2D eigenvalue weighted by atomic mass is 35.5. The molecule has 0 aliphatic rings. The van der Waals surface area contributed by atoms with Gasteiger partial charge in [0.25, 0.3) is 5.91 Å². The van der Waals surface area contributed by atoms with Gasteiger partial charge in [0.15, 0.2) is 5.76 Å². The van der Waals surface area contributed by atoms with E-state index in [-0.39, 0.29) is 23.3 Å². The summed E-state index contributed by atoms with van der Waals surface area (Å²) in [5, 5.41) is 6.40. The van der Waals surface area contributed by atoms with E-state index in [4.69, 9.17) is 27.6 Å². The van der Waals surface area contributed by atoms with Crippen LogP contribution in [0.4, 0.5) is 11.4 Å². The van der Waals surface area contributed by atoms with Crippen LogP contribution in [0.5, 0.6) is 0 Å². The number of rotatable bonds is 6. The molecule has 5 nitrogen and oxygen atoms in total. The minimum absolute atomic E-state index is 0.191. The Labute approximate surface area is 170 Å². The van der Waals surface area contributed by atoms with Gasteiger partial charge in [0.05, 0.1) is 12.0 Å². The zero-order chi connectivity index (χ0) is 19.2. The number of nitrogens with one attached hydrogen (secondary N) is 2. The van der Waals surface area contributed by atoms with E-state index in [2.05, 4.69) is 10.6 Å². The number of carbonyl (C=O) groups is 2. The largest absolute Gasteiger partial charge is 0.459 e. The number of amides is 2. The first-order chi connectivity index (χ1) is 13.0. The van der Waals surface area contributed by atoms with E-state index in [0.717, 1.165) is 4.90 Å². The number of benzene rings is 2. The van der Waals surface area contributed by atoms with Gasteiger partial charge >= 0.3 is 0 Å². The van der Waals surface area contributed by atoms with Gasteiger partial charge in [-0.2, -0.15) is 0 Å². The third-order valence-corrected chi connectivity index (χ3v) is 4.78. The Hall–Kier alpha value is -2.41. The Bertz CT molecular complexity index is 941. The van der Waals surface area contributed by atoms with Crippen molar-refractivity contribution in [1.82, 2.24) is 0 Å². The number of furan rings is 1. The molecule has 1 heterocycles. The summed E-state index contributed by atoms with van der Waals surface area (Å²) in [6, 6.07) is 15.3. The maximum atomic E-state index is 12.1. The molecule has 0 spiro atoms. The summed E-state index contributed by atoms with van der Waals surface area (Å²) in [4.78, 5) is 25.0. The van der Waals surface area contributed by atoms with Crippen LogP contribution in [0, 0.1) is 0 Å². The molecule has 0 saturated heterocycles. The molecule has 0 aliphatic carbocycles. The highest BCUT2D eigenvalue weighted by molar-refractivity contribution is 8.00. The zero-order valence-corrected chi connectivity index (χ0v) is 16.2. The van der Waals surface area contributed by atoms with Crippen LogP contribution >= 0.6 is 35.0 Å². The molecule has 27 heavy (non-hydrogen) atoms. The number of anilines is 2. The maximum absolute atomic E-state index is 12.1. The normalized spacial score (nSPS) is 10.4. The van der Waals surface area contributed by atoms with E-state index in [0.29, 0.717) is 21.4 Å².